The van der Waals surface area contributed by atoms with Crippen molar-refractivity contribution in [1.82, 2.24) is 20.2 Å². The van der Waals surface area contributed by atoms with Gasteiger partial charge in [-0.1, -0.05) is 45.0 Å². The predicted molar refractivity (Wildman–Crippen MR) is 189 cm³/mol. The van der Waals surface area contributed by atoms with E-state index in [2.05, 4.69) is 47.3 Å². The molecule has 0 saturated carbocycles. The van der Waals surface area contributed by atoms with Gasteiger partial charge >= 0.3 is 0 Å². The average Bonchev–Trinajstić information content (AvgIpc) is 3.46. The molecular weight excluding hydrogens is 676 g/mol. The van der Waals surface area contributed by atoms with Gasteiger partial charge in [-0.2, -0.15) is 0 Å². The molecule has 1 heterocycles. The molecule has 4 aromatic carbocycles. The van der Waals surface area contributed by atoms with Crippen LogP contribution in [-0.4, -0.2) is 60.9 Å². The molecule has 48 heavy (non-hydrogen) atoms. The van der Waals surface area contributed by atoms with Crippen LogP contribution in [0.5, 0.6) is 23.0 Å². The van der Waals surface area contributed by atoms with Crippen molar-refractivity contribution in [3.63, 3.8) is 0 Å². The van der Waals surface area contributed by atoms with Crippen LogP contribution in [0.25, 0.3) is 22.4 Å². The Kier molecular flexibility index (Phi) is 10.3. The Balaban J connectivity index is 1.59. The summed E-state index contributed by atoms with van der Waals surface area (Å²) >= 11 is 3.36. The molecule has 0 radical (unpaired) electrons. The van der Waals surface area contributed by atoms with Gasteiger partial charge in [0.2, 0.25) is 0 Å². The lowest BCUT2D eigenvalue weighted by Gasteiger charge is -2.25. The Labute approximate surface area is 288 Å². The van der Waals surface area contributed by atoms with E-state index >= 15 is 0 Å². The number of aromatic nitrogens is 2. The van der Waals surface area contributed by atoms with Crippen molar-refractivity contribution < 1.29 is 28.9 Å². The molecule has 0 aliphatic heterocycles. The van der Waals surface area contributed by atoms with Gasteiger partial charge in [0.15, 0.2) is 18.1 Å². The SMILES string of the molecule is CNC(=O)c1ccc2c(c1)nc(-c1ccc(Br)c(O)c1)n2[C@@H](CNC(=O)COc1ccccc1C(C)(C)C)c1ccc(OC)c(OC)c1. The van der Waals surface area contributed by atoms with Crippen LogP contribution >= 0.6 is 15.9 Å². The maximum atomic E-state index is 13.4. The number of methoxy groups -OCH3 is 2. The van der Waals surface area contributed by atoms with Crippen LogP contribution in [0.2, 0.25) is 0 Å². The van der Waals surface area contributed by atoms with Crippen molar-refractivity contribution in [2.24, 2.45) is 0 Å². The number of aromatic hydroxyl groups is 1. The van der Waals surface area contributed by atoms with Gasteiger partial charge in [0, 0.05) is 24.7 Å². The lowest BCUT2D eigenvalue weighted by molar-refractivity contribution is -0.123. The normalized spacial score (nSPS) is 12.0. The number of phenols is 1. The monoisotopic (exact) mass is 714 g/mol. The largest absolute Gasteiger partial charge is 0.507 e. The van der Waals surface area contributed by atoms with E-state index < -0.39 is 6.04 Å². The molecule has 0 aliphatic carbocycles. The van der Waals surface area contributed by atoms with Gasteiger partial charge in [0.05, 0.1) is 35.8 Å². The molecule has 5 rings (SSSR count). The lowest BCUT2D eigenvalue weighted by atomic mass is 9.86. The zero-order valence-electron chi connectivity index (χ0n) is 27.8. The van der Waals surface area contributed by atoms with E-state index in [-0.39, 0.29) is 36.1 Å². The number of nitrogens with zero attached hydrogens (tertiary/aromatic N) is 2. The smallest absolute Gasteiger partial charge is 0.258 e. The zero-order valence-corrected chi connectivity index (χ0v) is 29.3. The van der Waals surface area contributed by atoms with E-state index in [1.807, 2.05) is 59.2 Å². The van der Waals surface area contributed by atoms with Crippen LogP contribution in [0.15, 0.2) is 83.3 Å². The molecule has 0 unspecified atom stereocenters. The number of hydrogen-bond donors (Lipinski definition) is 3. The van der Waals surface area contributed by atoms with Gasteiger partial charge in [-0.15, -0.1) is 0 Å². The summed E-state index contributed by atoms with van der Waals surface area (Å²) in [4.78, 5) is 30.9. The van der Waals surface area contributed by atoms with Crippen molar-refractivity contribution in [1.29, 1.82) is 0 Å². The first-order valence-corrected chi connectivity index (χ1v) is 16.2. The summed E-state index contributed by atoms with van der Waals surface area (Å²) < 4.78 is 19.7. The van der Waals surface area contributed by atoms with Crippen molar-refractivity contribution in [2.75, 3.05) is 34.4 Å². The minimum Gasteiger partial charge on any atom is -0.507 e. The molecular formula is C37H39BrN4O6. The third-order valence-corrected chi connectivity index (χ3v) is 8.70. The summed E-state index contributed by atoms with van der Waals surface area (Å²) in [5.74, 6) is 1.74. The molecule has 250 valence electrons. The van der Waals surface area contributed by atoms with Crippen LogP contribution in [0.4, 0.5) is 0 Å². The van der Waals surface area contributed by atoms with Crippen LogP contribution in [0.1, 0.15) is 48.3 Å². The molecule has 3 N–H and O–H groups in total. The standard InChI is InChI=1S/C37H39BrN4O6/c1-37(2,3)25-9-7-8-10-31(25)48-21-34(44)40-20-29(22-13-16-32(46-5)33(19-22)47-6)42-28-15-12-24(36(45)39-4)17-27(28)41-35(42)23-11-14-26(38)30(43)18-23/h7-19,29,43H,20-21H2,1-6H3,(H,39,45)(H,40,44)/t29-/m0/s1. The zero-order chi connectivity index (χ0) is 34.6. The Hall–Kier alpha value is -5.03. The van der Waals surface area contributed by atoms with E-state index in [9.17, 15) is 14.7 Å². The third-order valence-electron chi connectivity index (χ3n) is 8.03. The van der Waals surface area contributed by atoms with Gasteiger partial charge in [0.25, 0.3) is 11.8 Å². The molecule has 0 aliphatic rings. The van der Waals surface area contributed by atoms with E-state index in [0.717, 1.165) is 11.1 Å². The van der Waals surface area contributed by atoms with Gasteiger partial charge in [0.1, 0.15) is 17.3 Å². The van der Waals surface area contributed by atoms with E-state index in [0.29, 0.717) is 49.7 Å². The number of para-hydroxylation sites is 1. The first-order chi connectivity index (χ1) is 22.9. The Bertz CT molecular complexity index is 1970. The second-order valence-corrected chi connectivity index (χ2v) is 13.1. The molecule has 5 aromatic rings. The van der Waals surface area contributed by atoms with E-state index in [4.69, 9.17) is 19.2 Å². The molecule has 2 amide bonds. The van der Waals surface area contributed by atoms with Gasteiger partial charge in [-0.05, 0) is 87.1 Å². The highest BCUT2D eigenvalue weighted by Gasteiger charge is 2.26. The summed E-state index contributed by atoms with van der Waals surface area (Å²) in [6.45, 7) is 6.26. The van der Waals surface area contributed by atoms with E-state index in [1.54, 1.807) is 45.5 Å². The number of rotatable bonds is 11. The van der Waals surface area contributed by atoms with Crippen molar-refractivity contribution in [3.05, 3.63) is 100 Å². The minimum absolute atomic E-state index is 0.0424. The van der Waals surface area contributed by atoms with Gasteiger partial charge in [-0.3, -0.25) is 9.59 Å². The Morgan fingerprint density at radius 3 is 2.38 bits per heavy atom. The van der Waals surface area contributed by atoms with Crippen LogP contribution < -0.4 is 24.8 Å². The summed E-state index contributed by atoms with van der Waals surface area (Å²) in [7, 11) is 4.70. The number of nitrogens with one attached hydrogen (secondary N) is 2. The summed E-state index contributed by atoms with van der Waals surface area (Å²) in [6.07, 6.45) is 0. The van der Waals surface area contributed by atoms with Gasteiger partial charge in [-0.25, -0.2) is 4.98 Å². The first kappa shape index (κ1) is 34.3. The molecule has 0 bridgehead atoms. The van der Waals surface area contributed by atoms with Crippen LogP contribution in [0, 0.1) is 0 Å². The van der Waals surface area contributed by atoms with Crippen molar-refractivity contribution >= 4 is 38.8 Å². The fourth-order valence-electron chi connectivity index (χ4n) is 5.59. The molecule has 10 nitrogen and oxygen atoms in total. The highest BCUT2D eigenvalue weighted by atomic mass is 79.9. The number of phenolic OH excluding ortho intramolecular Hbond substituents is 1. The Morgan fingerprint density at radius 2 is 1.69 bits per heavy atom. The number of benzene rings is 4. The van der Waals surface area contributed by atoms with Crippen molar-refractivity contribution in [3.8, 4) is 34.4 Å². The molecule has 1 aromatic heterocycles. The predicted octanol–water partition coefficient (Wildman–Crippen LogP) is 6.63. The van der Waals surface area contributed by atoms with Gasteiger partial charge < -0.3 is 34.5 Å². The molecule has 0 fully saturated rings. The molecule has 11 heteroatoms. The number of carbonyl (C=O) groups is 2. The summed E-state index contributed by atoms with van der Waals surface area (Å²) in [5.41, 5.74) is 3.99. The quantitative estimate of drug-likeness (QED) is 0.140. The number of imidazole rings is 1. The fourth-order valence-corrected chi connectivity index (χ4v) is 5.84. The maximum absolute atomic E-state index is 13.4. The molecule has 1 atom stereocenters. The number of amides is 2. The topological polar surface area (TPSA) is 124 Å². The number of hydrogen-bond acceptors (Lipinski definition) is 7. The average molecular weight is 716 g/mol. The minimum atomic E-state index is -0.521. The summed E-state index contributed by atoms with van der Waals surface area (Å²) in [6, 6.07) is 23.2. The number of halogens is 1. The Morgan fingerprint density at radius 1 is 0.938 bits per heavy atom. The molecule has 0 spiro atoms. The molecule has 0 saturated heterocycles. The highest BCUT2D eigenvalue weighted by Crippen LogP contribution is 2.38. The second kappa shape index (κ2) is 14.4. The second-order valence-electron chi connectivity index (χ2n) is 12.2. The lowest BCUT2D eigenvalue weighted by Crippen LogP contribution is -2.35. The third kappa shape index (κ3) is 7.26. The summed E-state index contributed by atoms with van der Waals surface area (Å²) in [5, 5.41) is 16.3. The highest BCUT2D eigenvalue weighted by molar-refractivity contribution is 9.10. The maximum Gasteiger partial charge on any atom is 0.258 e. The van der Waals surface area contributed by atoms with Crippen LogP contribution in [-0.2, 0) is 10.2 Å². The first-order valence-electron chi connectivity index (χ1n) is 15.4. The fraction of sp³-hybridized carbons (Fsp3) is 0.270. The van der Waals surface area contributed by atoms with E-state index in [1.165, 1.54) is 0 Å². The van der Waals surface area contributed by atoms with Crippen molar-refractivity contribution in [2.45, 2.75) is 32.2 Å². The number of carbonyl (C=O) groups excluding carboxylic acids is 2. The number of fused-ring (bicyclic) bond motifs is 1. The van der Waals surface area contributed by atoms with Crippen LogP contribution in [0.3, 0.4) is 0 Å². The number of ether oxygens (including phenoxy) is 3.